The monoisotopic (exact) mass is 292 g/mol. The van der Waals surface area contributed by atoms with E-state index in [1.807, 2.05) is 30.3 Å². The second-order valence-electron chi connectivity index (χ2n) is 5.02. The molecule has 1 aromatic carbocycles. The van der Waals surface area contributed by atoms with Gasteiger partial charge in [0.05, 0.1) is 17.0 Å². The zero-order valence-corrected chi connectivity index (χ0v) is 12.2. The highest BCUT2D eigenvalue weighted by molar-refractivity contribution is 7.80. The largest absolute Gasteiger partial charge is 0.393 e. The molecule has 4 nitrogen and oxygen atoms in total. The topological polar surface area (TPSA) is 64.4 Å². The molecule has 1 amide bonds. The van der Waals surface area contributed by atoms with Gasteiger partial charge in [-0.25, -0.2) is 0 Å². The van der Waals surface area contributed by atoms with Crippen molar-refractivity contribution < 1.29 is 9.53 Å². The molecule has 2 atom stereocenters. The standard InChI is InChI=1S/C15H20N2O2S/c16-14(20)13(9-11-5-2-1-3-6-11)15(18)17-10-12-7-4-8-19-12/h1-3,5-6,12-13H,4,7-10H2,(H2,16,20)(H,17,18). The average molecular weight is 292 g/mol. The summed E-state index contributed by atoms with van der Waals surface area (Å²) in [7, 11) is 0. The Kier molecular flexibility index (Phi) is 5.49. The number of carbonyl (C=O) groups excluding carboxylic acids is 1. The highest BCUT2D eigenvalue weighted by atomic mass is 32.1. The number of thiocarbonyl (C=S) groups is 1. The van der Waals surface area contributed by atoms with Crippen molar-refractivity contribution >= 4 is 23.1 Å². The fourth-order valence-corrected chi connectivity index (χ4v) is 2.51. The molecular formula is C15H20N2O2S. The molecule has 108 valence electrons. The molecule has 20 heavy (non-hydrogen) atoms. The van der Waals surface area contributed by atoms with E-state index in [2.05, 4.69) is 5.32 Å². The molecule has 0 aromatic heterocycles. The summed E-state index contributed by atoms with van der Waals surface area (Å²) in [5.74, 6) is -0.578. The van der Waals surface area contributed by atoms with Crippen LogP contribution in [0.5, 0.6) is 0 Å². The van der Waals surface area contributed by atoms with Crippen LogP contribution in [0, 0.1) is 5.92 Å². The van der Waals surface area contributed by atoms with Crippen LogP contribution in [0.15, 0.2) is 30.3 Å². The Labute approximate surface area is 124 Å². The fraction of sp³-hybridized carbons (Fsp3) is 0.467. The van der Waals surface area contributed by atoms with Gasteiger partial charge in [-0.2, -0.15) is 0 Å². The van der Waals surface area contributed by atoms with E-state index in [9.17, 15) is 4.79 Å². The highest BCUT2D eigenvalue weighted by Crippen LogP contribution is 2.12. The Balaban J connectivity index is 1.90. The van der Waals surface area contributed by atoms with E-state index in [0.29, 0.717) is 13.0 Å². The minimum atomic E-state index is -0.464. The highest BCUT2D eigenvalue weighted by Gasteiger charge is 2.23. The fourth-order valence-electron chi connectivity index (χ4n) is 2.32. The van der Waals surface area contributed by atoms with E-state index >= 15 is 0 Å². The zero-order valence-electron chi connectivity index (χ0n) is 11.4. The number of ether oxygens (including phenoxy) is 1. The lowest BCUT2D eigenvalue weighted by molar-refractivity contribution is -0.123. The van der Waals surface area contributed by atoms with Gasteiger partial charge in [-0.3, -0.25) is 4.79 Å². The van der Waals surface area contributed by atoms with E-state index < -0.39 is 5.92 Å². The Morgan fingerprint density at radius 1 is 1.45 bits per heavy atom. The van der Waals surface area contributed by atoms with Crippen LogP contribution in [0.1, 0.15) is 18.4 Å². The molecule has 5 heteroatoms. The maximum atomic E-state index is 12.2. The molecule has 1 saturated heterocycles. The molecule has 1 heterocycles. The molecular weight excluding hydrogens is 272 g/mol. The van der Waals surface area contributed by atoms with Crippen LogP contribution in [0.25, 0.3) is 0 Å². The van der Waals surface area contributed by atoms with Gasteiger partial charge in [0.15, 0.2) is 0 Å². The van der Waals surface area contributed by atoms with Crippen molar-refractivity contribution in [3.05, 3.63) is 35.9 Å². The molecule has 2 unspecified atom stereocenters. The van der Waals surface area contributed by atoms with E-state index in [-0.39, 0.29) is 17.0 Å². The molecule has 0 radical (unpaired) electrons. The number of nitrogens with two attached hydrogens (primary N) is 1. The quantitative estimate of drug-likeness (QED) is 0.779. The number of carbonyl (C=O) groups is 1. The lowest BCUT2D eigenvalue weighted by Crippen LogP contribution is -2.41. The van der Waals surface area contributed by atoms with Crippen molar-refractivity contribution in [1.82, 2.24) is 5.32 Å². The third kappa shape index (κ3) is 4.28. The lowest BCUT2D eigenvalue weighted by Gasteiger charge is -2.17. The van der Waals surface area contributed by atoms with Gasteiger partial charge in [0.1, 0.15) is 0 Å². The first kappa shape index (κ1) is 14.9. The third-order valence-electron chi connectivity index (χ3n) is 3.47. The van der Waals surface area contributed by atoms with Gasteiger partial charge in [0.25, 0.3) is 0 Å². The van der Waals surface area contributed by atoms with E-state index in [4.69, 9.17) is 22.7 Å². The van der Waals surface area contributed by atoms with Gasteiger partial charge in [-0.1, -0.05) is 42.5 Å². The first-order valence-electron chi connectivity index (χ1n) is 6.89. The predicted molar refractivity (Wildman–Crippen MR) is 82.4 cm³/mol. The SMILES string of the molecule is NC(=S)C(Cc1ccccc1)C(=O)NCC1CCCO1. The maximum absolute atomic E-state index is 12.2. The van der Waals surface area contributed by atoms with E-state index in [0.717, 1.165) is 25.0 Å². The Bertz CT molecular complexity index is 458. The molecule has 0 aliphatic carbocycles. The number of hydrogen-bond acceptors (Lipinski definition) is 3. The molecule has 1 aliphatic rings. The summed E-state index contributed by atoms with van der Waals surface area (Å²) in [4.78, 5) is 12.4. The first-order chi connectivity index (χ1) is 9.66. The van der Waals surface area contributed by atoms with Crippen LogP contribution >= 0.6 is 12.2 Å². The second kappa shape index (κ2) is 7.36. The second-order valence-corrected chi connectivity index (χ2v) is 5.50. The molecule has 2 rings (SSSR count). The summed E-state index contributed by atoms with van der Waals surface area (Å²) in [6, 6.07) is 9.76. The number of rotatable bonds is 6. The van der Waals surface area contributed by atoms with Crippen LogP contribution in [0.2, 0.25) is 0 Å². The molecule has 3 N–H and O–H groups in total. The Morgan fingerprint density at radius 2 is 2.20 bits per heavy atom. The zero-order chi connectivity index (χ0) is 14.4. The Morgan fingerprint density at radius 3 is 2.80 bits per heavy atom. The van der Waals surface area contributed by atoms with Crippen LogP contribution in [0.4, 0.5) is 0 Å². The number of nitrogens with one attached hydrogen (secondary N) is 1. The third-order valence-corrected chi connectivity index (χ3v) is 3.76. The van der Waals surface area contributed by atoms with Gasteiger partial charge in [-0.05, 0) is 24.8 Å². The summed E-state index contributed by atoms with van der Waals surface area (Å²) in [5.41, 5.74) is 6.76. The summed E-state index contributed by atoms with van der Waals surface area (Å²) >= 11 is 5.03. The molecule has 1 aromatic rings. The summed E-state index contributed by atoms with van der Waals surface area (Å²) in [5, 5.41) is 2.89. The van der Waals surface area contributed by atoms with Crippen molar-refractivity contribution in [2.45, 2.75) is 25.4 Å². The van der Waals surface area contributed by atoms with Crippen molar-refractivity contribution in [3.8, 4) is 0 Å². The van der Waals surface area contributed by atoms with Crippen LogP contribution in [0.3, 0.4) is 0 Å². The minimum Gasteiger partial charge on any atom is -0.393 e. The molecule has 1 fully saturated rings. The smallest absolute Gasteiger partial charge is 0.230 e. The van der Waals surface area contributed by atoms with Crippen LogP contribution < -0.4 is 11.1 Å². The lowest BCUT2D eigenvalue weighted by atomic mass is 9.98. The van der Waals surface area contributed by atoms with E-state index in [1.165, 1.54) is 0 Å². The van der Waals surface area contributed by atoms with Gasteiger partial charge in [-0.15, -0.1) is 0 Å². The summed E-state index contributed by atoms with van der Waals surface area (Å²) < 4.78 is 5.48. The van der Waals surface area contributed by atoms with Crippen LogP contribution in [-0.2, 0) is 16.0 Å². The summed E-state index contributed by atoms with van der Waals surface area (Å²) in [6.45, 7) is 1.32. The predicted octanol–water partition coefficient (Wildman–Crippen LogP) is 1.43. The van der Waals surface area contributed by atoms with Crippen molar-refractivity contribution in [3.63, 3.8) is 0 Å². The van der Waals surface area contributed by atoms with Gasteiger partial charge >= 0.3 is 0 Å². The van der Waals surface area contributed by atoms with Gasteiger partial charge < -0.3 is 15.8 Å². The number of benzene rings is 1. The number of amides is 1. The first-order valence-corrected chi connectivity index (χ1v) is 7.30. The van der Waals surface area contributed by atoms with Gasteiger partial charge in [0.2, 0.25) is 5.91 Å². The maximum Gasteiger partial charge on any atom is 0.230 e. The normalized spacial score (nSPS) is 19.5. The minimum absolute atomic E-state index is 0.114. The van der Waals surface area contributed by atoms with Crippen molar-refractivity contribution in [1.29, 1.82) is 0 Å². The van der Waals surface area contributed by atoms with E-state index in [1.54, 1.807) is 0 Å². The summed E-state index contributed by atoms with van der Waals surface area (Å²) in [6.07, 6.45) is 2.72. The molecule has 0 saturated carbocycles. The van der Waals surface area contributed by atoms with Crippen LogP contribution in [-0.4, -0.2) is 30.2 Å². The Hall–Kier alpha value is -1.46. The molecule has 0 bridgehead atoms. The average Bonchev–Trinajstić information content (AvgIpc) is 2.96. The van der Waals surface area contributed by atoms with Gasteiger partial charge in [0, 0.05) is 13.2 Å². The van der Waals surface area contributed by atoms with Crippen molar-refractivity contribution in [2.75, 3.05) is 13.2 Å². The van der Waals surface area contributed by atoms with Crippen molar-refractivity contribution in [2.24, 2.45) is 11.7 Å². The molecule has 1 aliphatic heterocycles. The molecule has 0 spiro atoms. The number of hydrogen-bond donors (Lipinski definition) is 2.